The third-order valence-electron chi connectivity index (χ3n) is 6.04. The number of carbonyl (C=O) groups excluding carboxylic acids is 2. The summed E-state index contributed by atoms with van der Waals surface area (Å²) in [5.74, 6) is 0.976. The molecule has 0 atom stereocenters. The minimum atomic E-state index is -1.49. The van der Waals surface area contributed by atoms with Crippen molar-refractivity contribution in [3.63, 3.8) is 0 Å². The average molecular weight is 459 g/mol. The van der Waals surface area contributed by atoms with Crippen molar-refractivity contribution in [3.05, 3.63) is 59.1 Å². The summed E-state index contributed by atoms with van der Waals surface area (Å²) in [7, 11) is 1.57. The van der Waals surface area contributed by atoms with Crippen molar-refractivity contribution in [2.75, 3.05) is 20.1 Å². The lowest BCUT2D eigenvalue weighted by atomic mass is 9.95. The van der Waals surface area contributed by atoms with Gasteiger partial charge in [-0.15, -0.1) is 0 Å². The topological polar surface area (TPSA) is 133 Å². The molecule has 172 valence electrons. The molecule has 3 aromatic heterocycles. The first kappa shape index (κ1) is 21.5. The van der Waals surface area contributed by atoms with Crippen LogP contribution < -0.4 is 10.1 Å². The number of aromatic nitrogens is 2. The van der Waals surface area contributed by atoms with Gasteiger partial charge < -0.3 is 24.5 Å². The minimum Gasteiger partial charge on any atom is -0.460 e. The molecule has 1 saturated heterocycles. The normalized spacial score (nSPS) is 14.6. The Balaban J connectivity index is 1.48. The maximum Gasteiger partial charge on any atom is 0.256 e. The maximum absolute atomic E-state index is 12.9. The number of rotatable bonds is 4. The van der Waals surface area contributed by atoms with E-state index in [2.05, 4.69) is 10.4 Å². The van der Waals surface area contributed by atoms with Crippen LogP contribution in [0.5, 0.6) is 11.5 Å². The largest absolute Gasteiger partial charge is 0.460 e. The number of nitrogens with zero attached hydrogens (tertiary/aromatic N) is 4. The van der Waals surface area contributed by atoms with Crippen molar-refractivity contribution < 1.29 is 23.8 Å². The Morgan fingerprint density at radius 3 is 2.76 bits per heavy atom. The number of nitrogens with one attached hydrogen (secondary N) is 1. The molecular formula is C24H21N5O5. The number of carbonyl (C=O) groups is 2. The molecule has 1 aliphatic heterocycles. The Kier molecular flexibility index (Phi) is 4.81. The fourth-order valence-corrected chi connectivity index (χ4v) is 4.29. The summed E-state index contributed by atoms with van der Waals surface area (Å²) >= 11 is 0. The van der Waals surface area contributed by atoms with E-state index in [0.717, 1.165) is 0 Å². The van der Waals surface area contributed by atoms with Crippen LogP contribution in [0, 0.1) is 25.2 Å². The average Bonchev–Trinajstić information content (AvgIpc) is 3.32. The molecule has 10 nitrogen and oxygen atoms in total. The first-order valence-electron chi connectivity index (χ1n) is 10.6. The number of ether oxygens (including phenoxy) is 1. The van der Waals surface area contributed by atoms with E-state index in [4.69, 9.17) is 14.4 Å². The van der Waals surface area contributed by atoms with Crippen LogP contribution in [0.25, 0.3) is 16.5 Å². The highest BCUT2D eigenvalue weighted by atomic mass is 16.5. The number of aliphatic hydroxyl groups is 1. The zero-order valence-electron chi connectivity index (χ0n) is 18.7. The molecule has 2 N–H and O–H groups in total. The van der Waals surface area contributed by atoms with Crippen LogP contribution in [0.15, 0.2) is 41.1 Å². The number of nitriles is 1. The monoisotopic (exact) mass is 459 g/mol. The molecule has 1 aromatic carbocycles. The van der Waals surface area contributed by atoms with Gasteiger partial charge in [0.15, 0.2) is 11.4 Å². The van der Waals surface area contributed by atoms with Gasteiger partial charge in [0.25, 0.3) is 11.8 Å². The zero-order chi connectivity index (χ0) is 24.2. The van der Waals surface area contributed by atoms with E-state index in [1.807, 2.05) is 6.07 Å². The van der Waals surface area contributed by atoms with E-state index in [9.17, 15) is 14.7 Å². The summed E-state index contributed by atoms with van der Waals surface area (Å²) in [5.41, 5.74) is 1.20. The molecule has 1 aliphatic rings. The lowest BCUT2D eigenvalue weighted by Crippen LogP contribution is -2.62. The number of likely N-dealkylation sites (tertiary alicyclic amines) is 1. The summed E-state index contributed by atoms with van der Waals surface area (Å²) in [6.45, 7) is 3.45. The highest BCUT2D eigenvalue weighted by molar-refractivity contribution is 6.07. The predicted octanol–water partition coefficient (Wildman–Crippen LogP) is 2.56. The predicted molar refractivity (Wildman–Crippen MR) is 121 cm³/mol. The van der Waals surface area contributed by atoms with Gasteiger partial charge in [-0.1, -0.05) is 0 Å². The van der Waals surface area contributed by atoms with E-state index in [1.165, 1.54) is 4.90 Å². The van der Waals surface area contributed by atoms with E-state index < -0.39 is 5.60 Å². The molecule has 0 aliphatic carbocycles. The Labute approximate surface area is 193 Å². The number of furan rings is 1. The second-order valence-electron chi connectivity index (χ2n) is 8.33. The van der Waals surface area contributed by atoms with Crippen LogP contribution in [0.4, 0.5) is 0 Å². The summed E-state index contributed by atoms with van der Waals surface area (Å²) in [6.07, 6.45) is 3.17. The van der Waals surface area contributed by atoms with Gasteiger partial charge in [-0.25, -0.2) is 4.52 Å². The summed E-state index contributed by atoms with van der Waals surface area (Å²) in [5, 5.41) is 26.5. The standard InChI is InChI=1S/C24H21N5O5/c1-13-17(23(31)28-11-24(32,10-25)12-28)9-29-21(13)18(6-7-27-29)34-15-4-5-16-19(8-15)33-14(2)20(16)22(30)26-3/h4-9,32H,11-12H2,1-3H3,(H,26,30). The molecule has 34 heavy (non-hydrogen) atoms. The summed E-state index contributed by atoms with van der Waals surface area (Å²) < 4.78 is 13.5. The minimum absolute atomic E-state index is 0.0363. The lowest BCUT2D eigenvalue weighted by molar-refractivity contribution is -0.0402. The maximum atomic E-state index is 12.9. The molecule has 0 radical (unpaired) electrons. The fourth-order valence-electron chi connectivity index (χ4n) is 4.29. The van der Waals surface area contributed by atoms with Crippen LogP contribution in [-0.4, -0.2) is 57.2 Å². The van der Waals surface area contributed by atoms with E-state index >= 15 is 0 Å². The molecule has 4 heterocycles. The zero-order valence-corrected chi connectivity index (χ0v) is 18.7. The first-order chi connectivity index (χ1) is 16.2. The molecule has 1 fully saturated rings. The van der Waals surface area contributed by atoms with Crippen molar-refractivity contribution in [1.82, 2.24) is 19.8 Å². The molecule has 0 unspecified atom stereocenters. The highest BCUT2D eigenvalue weighted by Gasteiger charge is 2.44. The Hall–Kier alpha value is -4.36. The van der Waals surface area contributed by atoms with Crippen molar-refractivity contribution in [1.29, 1.82) is 5.26 Å². The van der Waals surface area contributed by atoms with Crippen molar-refractivity contribution in [2.45, 2.75) is 19.4 Å². The second-order valence-corrected chi connectivity index (χ2v) is 8.33. The smallest absolute Gasteiger partial charge is 0.256 e. The highest BCUT2D eigenvalue weighted by Crippen LogP contribution is 2.34. The third-order valence-corrected chi connectivity index (χ3v) is 6.04. The van der Waals surface area contributed by atoms with Gasteiger partial charge in [-0.3, -0.25) is 9.59 Å². The van der Waals surface area contributed by atoms with Crippen LogP contribution in [0.1, 0.15) is 32.0 Å². The molecule has 5 rings (SSSR count). The molecule has 10 heteroatoms. The summed E-state index contributed by atoms with van der Waals surface area (Å²) in [6, 6.07) is 8.73. The number of hydrogen-bond acceptors (Lipinski definition) is 7. The van der Waals surface area contributed by atoms with Crippen LogP contribution in [0.3, 0.4) is 0 Å². The van der Waals surface area contributed by atoms with Crippen molar-refractivity contribution in [2.24, 2.45) is 0 Å². The molecular weight excluding hydrogens is 438 g/mol. The van der Waals surface area contributed by atoms with Gasteiger partial charge in [0, 0.05) is 30.8 Å². The van der Waals surface area contributed by atoms with Crippen LogP contribution in [0.2, 0.25) is 0 Å². The van der Waals surface area contributed by atoms with E-state index in [-0.39, 0.29) is 24.9 Å². The first-order valence-corrected chi connectivity index (χ1v) is 10.6. The van der Waals surface area contributed by atoms with E-state index in [1.54, 1.807) is 62.1 Å². The molecule has 4 aromatic rings. The third kappa shape index (κ3) is 3.25. The number of hydrogen-bond donors (Lipinski definition) is 2. The summed E-state index contributed by atoms with van der Waals surface area (Å²) in [4.78, 5) is 26.5. The fraction of sp³-hybridized carbons (Fsp3) is 0.250. The van der Waals surface area contributed by atoms with Gasteiger partial charge in [0.1, 0.15) is 28.7 Å². The lowest BCUT2D eigenvalue weighted by Gasteiger charge is -2.41. The van der Waals surface area contributed by atoms with Crippen LogP contribution >= 0.6 is 0 Å². The SMILES string of the molecule is CNC(=O)c1c(C)oc2cc(Oc3ccnn4cc(C(=O)N5CC(O)(C#N)C5)c(C)c34)ccc12. The quantitative estimate of drug-likeness (QED) is 0.448. The number of amides is 2. The van der Waals surface area contributed by atoms with Crippen molar-refractivity contribution >= 4 is 28.3 Å². The number of aryl methyl sites for hydroxylation is 2. The number of fused-ring (bicyclic) bond motifs is 2. The van der Waals surface area contributed by atoms with Crippen LogP contribution in [-0.2, 0) is 0 Å². The Morgan fingerprint density at radius 1 is 1.29 bits per heavy atom. The Morgan fingerprint density at radius 2 is 2.06 bits per heavy atom. The number of benzene rings is 1. The Bertz CT molecular complexity index is 1520. The van der Waals surface area contributed by atoms with Gasteiger partial charge in [0.05, 0.1) is 30.4 Å². The van der Waals surface area contributed by atoms with Gasteiger partial charge in [0.2, 0.25) is 0 Å². The number of β-amino-alcohol motifs (C(OH)–C–C–N with tert-alkyl or cyclic N) is 1. The molecule has 0 bridgehead atoms. The molecule has 0 spiro atoms. The molecule has 2 amide bonds. The molecule has 0 saturated carbocycles. The van der Waals surface area contributed by atoms with Gasteiger partial charge in [-0.05, 0) is 31.5 Å². The second kappa shape index (κ2) is 7.60. The van der Waals surface area contributed by atoms with Crippen molar-refractivity contribution in [3.8, 4) is 17.6 Å². The van der Waals surface area contributed by atoms with Gasteiger partial charge >= 0.3 is 0 Å². The van der Waals surface area contributed by atoms with E-state index in [0.29, 0.717) is 50.4 Å². The van der Waals surface area contributed by atoms with Gasteiger partial charge in [-0.2, -0.15) is 10.4 Å².